The van der Waals surface area contributed by atoms with Crippen molar-refractivity contribution in [1.29, 1.82) is 0 Å². The van der Waals surface area contributed by atoms with Crippen molar-refractivity contribution in [1.82, 2.24) is 14.6 Å². The second kappa shape index (κ2) is 11.0. The van der Waals surface area contributed by atoms with Gasteiger partial charge < -0.3 is 15.2 Å². The summed E-state index contributed by atoms with van der Waals surface area (Å²) in [6.45, 7) is 0.615. The van der Waals surface area contributed by atoms with Crippen LogP contribution in [0.2, 0.25) is 5.02 Å². The first-order chi connectivity index (χ1) is 18.2. The highest BCUT2D eigenvalue weighted by Crippen LogP contribution is 2.41. The van der Waals surface area contributed by atoms with Crippen molar-refractivity contribution in [2.45, 2.75) is 37.0 Å². The Morgan fingerprint density at radius 3 is 2.66 bits per heavy atom. The van der Waals surface area contributed by atoms with Crippen molar-refractivity contribution in [2.24, 2.45) is 16.8 Å². The Kier molecular flexibility index (Phi) is 7.88. The molecule has 2 N–H and O–H groups in total. The van der Waals surface area contributed by atoms with Crippen LogP contribution in [0, 0.1) is 17.7 Å². The number of esters is 1. The molecule has 2 aromatic rings. The van der Waals surface area contributed by atoms with Crippen LogP contribution in [-0.4, -0.2) is 66.7 Å². The molecular weight excluding hydrogens is 555 g/mol. The fourth-order valence-corrected chi connectivity index (χ4v) is 8.33. The maximum Gasteiger partial charge on any atom is 0.338 e. The van der Waals surface area contributed by atoms with Gasteiger partial charge in [-0.25, -0.2) is 26.9 Å². The van der Waals surface area contributed by atoms with E-state index in [2.05, 4.69) is 10.3 Å². The number of aliphatic hydroxyl groups excluding tert-OH is 1. The molecule has 0 bridgehead atoms. The van der Waals surface area contributed by atoms with E-state index in [9.17, 15) is 22.7 Å². The van der Waals surface area contributed by atoms with E-state index >= 15 is 0 Å². The van der Waals surface area contributed by atoms with E-state index < -0.39 is 33.1 Å². The molecule has 9 nitrogen and oxygen atoms in total. The van der Waals surface area contributed by atoms with Gasteiger partial charge in [0.1, 0.15) is 11.9 Å². The van der Waals surface area contributed by atoms with Crippen molar-refractivity contribution in [2.75, 3.05) is 26.8 Å². The number of allylic oxidation sites excluding steroid dienone is 1. The van der Waals surface area contributed by atoms with E-state index in [-0.39, 0.29) is 29.0 Å². The van der Waals surface area contributed by atoms with E-state index in [4.69, 9.17) is 21.3 Å². The van der Waals surface area contributed by atoms with E-state index in [1.807, 2.05) is 5.38 Å². The smallest absolute Gasteiger partial charge is 0.338 e. The third-order valence-electron chi connectivity index (χ3n) is 7.47. The number of halogens is 2. The van der Waals surface area contributed by atoms with Crippen molar-refractivity contribution in [3.05, 3.63) is 62.5 Å². The zero-order valence-electron chi connectivity index (χ0n) is 20.6. The first-order valence-electron chi connectivity index (χ1n) is 12.3. The number of rotatable bonds is 7. The second-order valence-corrected chi connectivity index (χ2v) is 13.2. The summed E-state index contributed by atoms with van der Waals surface area (Å²) in [5, 5.41) is 14.7. The number of sulfonamides is 1. The number of carbonyl (C=O) groups excluding carboxylic acids is 1. The van der Waals surface area contributed by atoms with Gasteiger partial charge in [-0.3, -0.25) is 4.99 Å². The molecule has 3 heterocycles. The number of aliphatic imine (C=N–C) groups is 1. The summed E-state index contributed by atoms with van der Waals surface area (Å²) in [5.74, 6) is -0.794. The van der Waals surface area contributed by atoms with Crippen LogP contribution in [-0.2, 0) is 19.6 Å². The number of methoxy groups -OCH3 is 1. The molecule has 0 radical (unpaired) electrons. The third kappa shape index (κ3) is 5.12. The number of ether oxygens (including phenoxy) is 1. The zero-order valence-corrected chi connectivity index (χ0v) is 23.0. The quantitative estimate of drug-likeness (QED) is 0.481. The number of hydrogen-bond donors (Lipinski definition) is 2. The van der Waals surface area contributed by atoms with Crippen molar-refractivity contribution in [3.63, 3.8) is 0 Å². The van der Waals surface area contributed by atoms with Crippen molar-refractivity contribution < 1.29 is 27.4 Å². The highest BCUT2D eigenvalue weighted by Gasteiger charge is 2.44. The van der Waals surface area contributed by atoms with Crippen LogP contribution < -0.4 is 5.32 Å². The van der Waals surface area contributed by atoms with Gasteiger partial charge in [0.05, 0.1) is 17.9 Å². The standard InChI is InChI=1S/C25H28ClFN4O5S2/c1-36-25(33)20-21(15-4-7-31(8-5-15)38(34,35)17-10-14(11-17)13-32)29-23(24-28-6-9-37-24)30-22(20)18-3-2-16(27)12-19(18)26/h2-3,6,9,12,14-15,17,22,32H,4-5,7-8,10-11,13H2,1H3,(H,29,30)/t14-,17-,22-/m1/s1. The van der Waals surface area contributed by atoms with Crippen molar-refractivity contribution >= 4 is 44.8 Å². The van der Waals surface area contributed by atoms with Gasteiger partial charge in [0.2, 0.25) is 10.0 Å². The molecule has 2 aliphatic heterocycles. The van der Waals surface area contributed by atoms with E-state index in [1.54, 1.807) is 6.20 Å². The van der Waals surface area contributed by atoms with Gasteiger partial charge in [-0.05, 0) is 43.7 Å². The highest BCUT2D eigenvalue weighted by molar-refractivity contribution is 7.89. The lowest BCUT2D eigenvalue weighted by atomic mass is 9.86. The van der Waals surface area contributed by atoms with Gasteiger partial charge in [0.15, 0.2) is 10.8 Å². The molecule has 1 aromatic carbocycles. The van der Waals surface area contributed by atoms with Crippen LogP contribution in [0.4, 0.5) is 4.39 Å². The van der Waals surface area contributed by atoms with Crippen LogP contribution >= 0.6 is 22.9 Å². The Hall–Kier alpha value is -2.38. The van der Waals surface area contributed by atoms with E-state index in [0.29, 0.717) is 60.9 Å². The fraction of sp³-hybridized carbons (Fsp3) is 0.480. The number of amidine groups is 1. The van der Waals surface area contributed by atoms with Gasteiger partial charge in [-0.15, -0.1) is 11.3 Å². The summed E-state index contributed by atoms with van der Waals surface area (Å²) in [7, 11) is -2.18. The molecule has 1 aromatic heterocycles. The molecule has 2 fully saturated rings. The fourth-order valence-electron chi connectivity index (χ4n) is 5.30. The lowest BCUT2D eigenvalue weighted by molar-refractivity contribution is -0.136. The minimum absolute atomic E-state index is 0.00639. The Balaban J connectivity index is 1.47. The van der Waals surface area contributed by atoms with E-state index in [1.165, 1.54) is 41.0 Å². The van der Waals surface area contributed by atoms with Crippen LogP contribution in [0.1, 0.15) is 42.3 Å². The number of thiazole rings is 1. The number of benzene rings is 1. The second-order valence-electron chi connectivity index (χ2n) is 9.69. The molecule has 0 spiro atoms. The minimum Gasteiger partial charge on any atom is -0.466 e. The molecule has 13 heteroatoms. The Morgan fingerprint density at radius 2 is 2.05 bits per heavy atom. The molecule has 0 amide bonds. The van der Waals surface area contributed by atoms with E-state index in [0.717, 1.165) is 0 Å². The lowest BCUT2D eigenvalue weighted by Crippen LogP contribution is -2.49. The SMILES string of the molecule is COC(=O)C1=C(C2CCN(S(=O)(=O)[C@H]3C[C@H](CO)C3)CC2)NC(c2nccs2)=N[C@@H]1c1ccc(F)cc1Cl. The number of aliphatic hydroxyl groups is 1. The number of nitrogens with one attached hydrogen (secondary N) is 1. The number of piperidine rings is 1. The summed E-state index contributed by atoms with van der Waals surface area (Å²) in [5.41, 5.74) is 1.29. The molecule has 0 unspecified atom stereocenters. The van der Waals surface area contributed by atoms with Crippen LogP contribution in [0.5, 0.6) is 0 Å². The van der Waals surface area contributed by atoms with Gasteiger partial charge in [0.25, 0.3) is 0 Å². The third-order valence-corrected chi connectivity index (χ3v) is 10.9. The summed E-state index contributed by atoms with van der Waals surface area (Å²) in [6, 6.07) is 3.08. The average molecular weight is 583 g/mol. The maximum atomic E-state index is 13.9. The Labute approximate surface area is 229 Å². The monoisotopic (exact) mass is 582 g/mol. The summed E-state index contributed by atoms with van der Waals surface area (Å²) < 4.78 is 46.7. The molecular formula is C25H28ClFN4O5S2. The van der Waals surface area contributed by atoms with Crippen LogP contribution in [0.15, 0.2) is 46.0 Å². The molecule has 1 saturated carbocycles. The molecule has 3 aliphatic rings. The first-order valence-corrected chi connectivity index (χ1v) is 15.1. The van der Waals surface area contributed by atoms with Crippen LogP contribution in [0.3, 0.4) is 0 Å². The predicted molar refractivity (Wildman–Crippen MR) is 142 cm³/mol. The molecule has 5 rings (SSSR count). The van der Waals surface area contributed by atoms with Gasteiger partial charge >= 0.3 is 5.97 Å². The molecule has 204 valence electrons. The average Bonchev–Trinajstić information content (AvgIpc) is 3.42. The van der Waals surface area contributed by atoms with Gasteiger partial charge in [0, 0.05) is 53.5 Å². The van der Waals surface area contributed by atoms with Gasteiger partial charge in [-0.1, -0.05) is 17.7 Å². The predicted octanol–water partition coefficient (Wildman–Crippen LogP) is 3.27. The number of carbonyl (C=O) groups is 1. The zero-order chi connectivity index (χ0) is 27.0. The van der Waals surface area contributed by atoms with Crippen LogP contribution in [0.25, 0.3) is 0 Å². The molecule has 1 atom stereocenters. The molecule has 1 aliphatic carbocycles. The Bertz CT molecular complexity index is 1370. The minimum atomic E-state index is -3.46. The summed E-state index contributed by atoms with van der Waals surface area (Å²) in [4.78, 5) is 22.3. The number of aromatic nitrogens is 1. The molecule has 38 heavy (non-hydrogen) atoms. The van der Waals surface area contributed by atoms with Crippen molar-refractivity contribution in [3.8, 4) is 0 Å². The topological polar surface area (TPSA) is 121 Å². The lowest BCUT2D eigenvalue weighted by Gasteiger charge is -2.40. The normalized spacial score (nSPS) is 24.9. The summed E-state index contributed by atoms with van der Waals surface area (Å²) in [6.07, 6.45) is 3.56. The number of hydrogen-bond acceptors (Lipinski definition) is 9. The number of nitrogens with zero attached hydrogens (tertiary/aromatic N) is 3. The van der Waals surface area contributed by atoms with Gasteiger partial charge in [-0.2, -0.15) is 0 Å². The molecule has 1 saturated heterocycles. The maximum absolute atomic E-state index is 13.9. The Morgan fingerprint density at radius 1 is 1.32 bits per heavy atom. The first kappa shape index (κ1) is 27.2. The largest absolute Gasteiger partial charge is 0.466 e. The highest BCUT2D eigenvalue weighted by atomic mass is 35.5. The summed E-state index contributed by atoms with van der Waals surface area (Å²) >= 11 is 7.79.